The van der Waals surface area contributed by atoms with Crippen molar-refractivity contribution in [2.75, 3.05) is 0 Å². The van der Waals surface area contributed by atoms with Gasteiger partial charge in [0.05, 0.1) is 15.3 Å². The van der Waals surface area contributed by atoms with Crippen LogP contribution >= 0.6 is 22.9 Å². The lowest BCUT2D eigenvalue weighted by molar-refractivity contribution is 0.566. The fraction of sp³-hybridized carbons (Fsp3) is 0.286. The van der Waals surface area contributed by atoms with Crippen molar-refractivity contribution in [3.05, 3.63) is 56.7 Å². The maximum Gasteiger partial charge on any atom is 0.130 e. The van der Waals surface area contributed by atoms with E-state index < -0.39 is 27.7 Å². The van der Waals surface area contributed by atoms with E-state index in [2.05, 4.69) is 0 Å². The third kappa shape index (κ3) is 3.65. The molecule has 108 valence electrons. The van der Waals surface area contributed by atoms with Crippen molar-refractivity contribution in [2.45, 2.75) is 24.3 Å². The van der Waals surface area contributed by atoms with E-state index in [1.54, 1.807) is 6.07 Å². The van der Waals surface area contributed by atoms with Gasteiger partial charge in [0.1, 0.15) is 11.6 Å². The average molecular weight is 335 g/mol. The second-order valence-corrected chi connectivity index (χ2v) is 7.71. The Morgan fingerprint density at radius 3 is 2.60 bits per heavy atom. The van der Waals surface area contributed by atoms with Gasteiger partial charge in [-0.25, -0.2) is 8.78 Å². The average Bonchev–Trinajstić information content (AvgIpc) is 2.78. The summed E-state index contributed by atoms with van der Waals surface area (Å²) in [6, 6.07) is 6.96. The molecule has 1 aromatic heterocycles. The van der Waals surface area contributed by atoms with Crippen LogP contribution in [0.1, 0.15) is 29.0 Å². The molecule has 0 bridgehead atoms. The highest BCUT2D eigenvalue weighted by Gasteiger charge is 2.21. The normalized spacial score (nSPS) is 14.2. The Morgan fingerprint density at radius 1 is 1.30 bits per heavy atom. The largest absolute Gasteiger partial charge is 0.259 e. The van der Waals surface area contributed by atoms with Crippen LogP contribution in [0, 0.1) is 11.6 Å². The molecule has 0 aliphatic carbocycles. The van der Waals surface area contributed by atoms with E-state index in [9.17, 15) is 13.0 Å². The molecule has 0 saturated heterocycles. The first kappa shape index (κ1) is 15.6. The second kappa shape index (κ2) is 6.78. The minimum Gasteiger partial charge on any atom is -0.259 e. The van der Waals surface area contributed by atoms with Crippen molar-refractivity contribution in [3.63, 3.8) is 0 Å². The fourth-order valence-electron chi connectivity index (χ4n) is 1.98. The molecule has 0 N–H and O–H groups in total. The highest BCUT2D eigenvalue weighted by Crippen LogP contribution is 2.30. The minimum absolute atomic E-state index is 0.301. The Morgan fingerprint density at radius 2 is 2.05 bits per heavy atom. The monoisotopic (exact) mass is 334 g/mol. The highest BCUT2D eigenvalue weighted by atomic mass is 35.5. The molecule has 1 aromatic carbocycles. The zero-order valence-corrected chi connectivity index (χ0v) is 13.1. The standard InChI is InChI=1S/C14H13ClF2OS2/c1-2-13(11-5-3-9(16)7-12(11)17)20(18)8-10-4-6-14(15)19-10/h3-7,13H,2,8H2,1H3/t13-,20+/m1/s1. The van der Waals surface area contributed by atoms with Crippen molar-refractivity contribution in [3.8, 4) is 0 Å². The molecule has 0 amide bonds. The molecule has 0 aliphatic heterocycles. The molecule has 2 atom stereocenters. The number of thiophene rings is 1. The molecule has 1 nitrogen and oxygen atoms in total. The van der Waals surface area contributed by atoms with E-state index in [0.29, 0.717) is 22.1 Å². The SMILES string of the molecule is CC[C@H](c1ccc(F)cc1F)[S@@](=O)Cc1ccc(Cl)s1. The van der Waals surface area contributed by atoms with E-state index in [-0.39, 0.29) is 0 Å². The Kier molecular flexibility index (Phi) is 5.29. The summed E-state index contributed by atoms with van der Waals surface area (Å²) >= 11 is 7.20. The molecule has 0 saturated carbocycles. The molecule has 1 heterocycles. The van der Waals surface area contributed by atoms with Gasteiger partial charge in [0.25, 0.3) is 0 Å². The van der Waals surface area contributed by atoms with Gasteiger partial charge in [-0.1, -0.05) is 24.6 Å². The van der Waals surface area contributed by atoms with Crippen LogP contribution in [-0.4, -0.2) is 4.21 Å². The van der Waals surface area contributed by atoms with Crippen LogP contribution in [-0.2, 0) is 16.6 Å². The van der Waals surface area contributed by atoms with Crippen LogP contribution in [0.5, 0.6) is 0 Å². The van der Waals surface area contributed by atoms with Crippen LogP contribution in [0.15, 0.2) is 30.3 Å². The zero-order valence-electron chi connectivity index (χ0n) is 10.7. The van der Waals surface area contributed by atoms with Crippen LogP contribution in [0.3, 0.4) is 0 Å². The maximum atomic E-state index is 13.8. The van der Waals surface area contributed by atoms with Crippen molar-refractivity contribution >= 4 is 33.7 Å². The summed E-state index contributed by atoms with van der Waals surface area (Å²) in [5.74, 6) is -0.946. The first-order chi connectivity index (χ1) is 9.51. The molecule has 6 heteroatoms. The molecule has 0 aliphatic rings. The van der Waals surface area contributed by atoms with Crippen LogP contribution in [0.25, 0.3) is 0 Å². The van der Waals surface area contributed by atoms with Crippen molar-refractivity contribution < 1.29 is 13.0 Å². The van der Waals surface area contributed by atoms with Gasteiger partial charge in [-0.2, -0.15) is 0 Å². The molecule has 0 spiro atoms. The molecule has 0 radical (unpaired) electrons. The summed E-state index contributed by atoms with van der Waals surface area (Å²) in [5.41, 5.74) is 0.301. The molecular weight excluding hydrogens is 322 g/mol. The first-order valence-electron chi connectivity index (χ1n) is 6.07. The highest BCUT2D eigenvalue weighted by molar-refractivity contribution is 7.84. The van der Waals surface area contributed by atoms with Crippen LogP contribution in [0.2, 0.25) is 4.34 Å². The Bertz CT molecular complexity index is 627. The van der Waals surface area contributed by atoms with Crippen LogP contribution in [0.4, 0.5) is 8.78 Å². The van der Waals surface area contributed by atoms with E-state index in [1.165, 1.54) is 23.5 Å². The van der Waals surface area contributed by atoms with Gasteiger partial charge in [0, 0.05) is 27.3 Å². The lowest BCUT2D eigenvalue weighted by Gasteiger charge is -2.15. The Balaban J connectivity index is 2.20. The van der Waals surface area contributed by atoms with Gasteiger partial charge in [-0.3, -0.25) is 4.21 Å². The number of hydrogen-bond donors (Lipinski definition) is 0. The molecule has 0 fully saturated rings. The summed E-state index contributed by atoms with van der Waals surface area (Å²) in [6.45, 7) is 1.84. The summed E-state index contributed by atoms with van der Waals surface area (Å²) in [7, 11) is -1.27. The Hall–Kier alpha value is -0.780. The predicted octanol–water partition coefficient (Wildman–Crippen LogP) is 5.08. The third-order valence-electron chi connectivity index (χ3n) is 2.91. The zero-order chi connectivity index (χ0) is 14.7. The van der Waals surface area contributed by atoms with E-state index in [1.807, 2.05) is 13.0 Å². The second-order valence-electron chi connectivity index (χ2n) is 4.29. The van der Waals surface area contributed by atoms with Gasteiger partial charge in [-0.05, 0) is 24.6 Å². The summed E-state index contributed by atoms with van der Waals surface area (Å²) in [5, 5.41) is -0.448. The van der Waals surface area contributed by atoms with Gasteiger partial charge in [0.15, 0.2) is 0 Å². The van der Waals surface area contributed by atoms with Crippen molar-refractivity contribution in [1.29, 1.82) is 0 Å². The van der Waals surface area contributed by atoms with E-state index in [4.69, 9.17) is 11.6 Å². The molecular formula is C14H13ClF2OS2. The number of halogens is 3. The van der Waals surface area contributed by atoms with Gasteiger partial charge >= 0.3 is 0 Å². The third-order valence-corrected chi connectivity index (χ3v) is 6.14. The predicted molar refractivity (Wildman–Crippen MR) is 80.6 cm³/mol. The topological polar surface area (TPSA) is 17.1 Å². The quantitative estimate of drug-likeness (QED) is 0.745. The number of hydrogen-bond acceptors (Lipinski definition) is 2. The molecule has 20 heavy (non-hydrogen) atoms. The summed E-state index contributed by atoms with van der Waals surface area (Å²) in [6.07, 6.45) is 0.522. The smallest absolute Gasteiger partial charge is 0.130 e. The van der Waals surface area contributed by atoms with E-state index >= 15 is 0 Å². The minimum atomic E-state index is -1.27. The lowest BCUT2D eigenvalue weighted by Crippen LogP contribution is -2.09. The van der Waals surface area contributed by atoms with Crippen molar-refractivity contribution in [1.82, 2.24) is 0 Å². The van der Waals surface area contributed by atoms with Crippen molar-refractivity contribution in [2.24, 2.45) is 0 Å². The lowest BCUT2D eigenvalue weighted by atomic mass is 10.1. The molecule has 2 rings (SSSR count). The molecule has 2 aromatic rings. The molecule has 0 unspecified atom stereocenters. The Labute approximate surface area is 128 Å². The van der Waals surface area contributed by atoms with Crippen LogP contribution < -0.4 is 0 Å². The van der Waals surface area contributed by atoms with Gasteiger partial charge < -0.3 is 0 Å². The van der Waals surface area contributed by atoms with Gasteiger partial charge in [-0.15, -0.1) is 11.3 Å². The fourth-order valence-corrected chi connectivity index (χ4v) is 4.87. The van der Waals surface area contributed by atoms with Gasteiger partial charge in [0.2, 0.25) is 0 Å². The maximum absolute atomic E-state index is 13.8. The van der Waals surface area contributed by atoms with E-state index in [0.717, 1.165) is 10.9 Å². The summed E-state index contributed by atoms with van der Waals surface area (Å²) < 4.78 is 39.8. The number of rotatable bonds is 5. The summed E-state index contributed by atoms with van der Waals surface area (Å²) in [4.78, 5) is 0.898. The first-order valence-corrected chi connectivity index (χ1v) is 8.65. The number of benzene rings is 1.